The minimum absolute atomic E-state index is 0.0694. The fourth-order valence-corrected chi connectivity index (χ4v) is 1.12. The summed E-state index contributed by atoms with van der Waals surface area (Å²) in [5, 5.41) is 12.7. The van der Waals surface area contributed by atoms with E-state index in [4.69, 9.17) is 11.6 Å². The molecule has 0 aliphatic heterocycles. The monoisotopic (exact) mass is 200 g/mol. The van der Waals surface area contributed by atoms with Crippen LogP contribution in [0.2, 0.25) is 5.02 Å². The third-order valence-corrected chi connectivity index (χ3v) is 1.72. The highest BCUT2D eigenvalue weighted by molar-refractivity contribution is 6.30. The molecule has 0 saturated heterocycles. The van der Waals surface area contributed by atoms with Gasteiger partial charge in [0.1, 0.15) is 17.0 Å². The Bertz CT molecular complexity index is 333. The van der Waals surface area contributed by atoms with Crippen LogP contribution in [0.5, 0.6) is 0 Å². The summed E-state index contributed by atoms with van der Waals surface area (Å²) < 4.78 is 0. The highest BCUT2D eigenvalue weighted by Crippen LogP contribution is 2.29. The maximum absolute atomic E-state index is 10.4. The molecular formula is C8H9ClN2O2. The van der Waals surface area contributed by atoms with E-state index in [1.165, 1.54) is 26.1 Å². The summed E-state index contributed by atoms with van der Waals surface area (Å²) in [6.45, 7) is 3.05. The second-order valence-electron chi connectivity index (χ2n) is 3.17. The lowest BCUT2D eigenvalue weighted by atomic mass is 10.0. The normalized spacial score (nSPS) is 11.4. The summed E-state index contributed by atoms with van der Waals surface area (Å²) >= 11 is 5.60. The molecule has 1 aromatic heterocycles. The zero-order valence-electron chi connectivity index (χ0n) is 7.28. The van der Waals surface area contributed by atoms with Crippen molar-refractivity contribution in [3.05, 3.63) is 27.9 Å². The predicted molar refractivity (Wildman–Crippen MR) is 49.9 cm³/mol. The number of pyridine rings is 1. The lowest BCUT2D eigenvalue weighted by Gasteiger charge is -2.17. The Kier molecular flexibility index (Phi) is 2.63. The van der Waals surface area contributed by atoms with Crippen LogP contribution >= 0.6 is 11.6 Å². The van der Waals surface area contributed by atoms with Crippen molar-refractivity contribution in [2.75, 3.05) is 0 Å². The Hall–Kier alpha value is -1.00. The standard InChI is InChI=1S/C8H9ClN2O2/c1-8(2,12)7-6(11-13)3-5(9)4-10-7/h3-4,12H,1-2H3. The Morgan fingerprint density at radius 2 is 2.23 bits per heavy atom. The van der Waals surface area contributed by atoms with Crippen LogP contribution < -0.4 is 0 Å². The summed E-state index contributed by atoms with van der Waals surface area (Å²) in [5.74, 6) is 0. The molecule has 0 aliphatic rings. The van der Waals surface area contributed by atoms with Gasteiger partial charge >= 0.3 is 0 Å². The van der Waals surface area contributed by atoms with Crippen LogP contribution in [-0.4, -0.2) is 10.1 Å². The molecule has 70 valence electrons. The zero-order valence-corrected chi connectivity index (χ0v) is 8.04. The number of aromatic nitrogens is 1. The van der Waals surface area contributed by atoms with Gasteiger partial charge in [0.15, 0.2) is 0 Å². The summed E-state index contributed by atoms with van der Waals surface area (Å²) in [7, 11) is 0. The molecule has 0 unspecified atom stereocenters. The quantitative estimate of drug-likeness (QED) is 0.746. The molecule has 1 aromatic rings. The number of rotatable bonds is 2. The molecule has 0 amide bonds. The van der Waals surface area contributed by atoms with Crippen LogP contribution in [-0.2, 0) is 5.60 Å². The second kappa shape index (κ2) is 3.40. The van der Waals surface area contributed by atoms with Crippen molar-refractivity contribution in [3.63, 3.8) is 0 Å². The van der Waals surface area contributed by atoms with Crippen LogP contribution in [0.1, 0.15) is 19.5 Å². The van der Waals surface area contributed by atoms with Crippen LogP contribution in [0.4, 0.5) is 5.69 Å². The minimum Gasteiger partial charge on any atom is -0.384 e. The molecule has 4 nitrogen and oxygen atoms in total. The highest BCUT2D eigenvalue weighted by atomic mass is 35.5. The van der Waals surface area contributed by atoms with Gasteiger partial charge in [-0.1, -0.05) is 11.6 Å². The second-order valence-corrected chi connectivity index (χ2v) is 3.61. The van der Waals surface area contributed by atoms with Crippen molar-refractivity contribution in [1.82, 2.24) is 4.98 Å². The van der Waals surface area contributed by atoms with Gasteiger partial charge in [-0.25, -0.2) is 0 Å². The maximum atomic E-state index is 10.4. The van der Waals surface area contributed by atoms with E-state index in [0.29, 0.717) is 5.02 Å². The van der Waals surface area contributed by atoms with E-state index in [0.717, 1.165) is 0 Å². The zero-order chi connectivity index (χ0) is 10.1. The van der Waals surface area contributed by atoms with Gasteiger partial charge in [0.05, 0.1) is 5.02 Å². The van der Waals surface area contributed by atoms with Crippen molar-refractivity contribution in [3.8, 4) is 0 Å². The van der Waals surface area contributed by atoms with Crippen molar-refractivity contribution >= 4 is 17.3 Å². The van der Waals surface area contributed by atoms with E-state index in [2.05, 4.69) is 10.2 Å². The molecule has 1 N–H and O–H groups in total. The van der Waals surface area contributed by atoms with Crippen molar-refractivity contribution in [2.24, 2.45) is 5.18 Å². The molecule has 0 atom stereocenters. The van der Waals surface area contributed by atoms with Crippen molar-refractivity contribution in [2.45, 2.75) is 19.4 Å². The van der Waals surface area contributed by atoms with E-state index in [1.54, 1.807) is 0 Å². The number of nitroso groups, excluding NO2 is 1. The molecule has 5 heteroatoms. The average molecular weight is 201 g/mol. The molecule has 0 aliphatic carbocycles. The molecule has 0 spiro atoms. The fourth-order valence-electron chi connectivity index (χ4n) is 0.970. The first kappa shape index (κ1) is 10.1. The van der Waals surface area contributed by atoms with E-state index in [9.17, 15) is 10.0 Å². The van der Waals surface area contributed by atoms with Gasteiger partial charge in [0.25, 0.3) is 0 Å². The van der Waals surface area contributed by atoms with E-state index in [1.807, 2.05) is 0 Å². The molecule has 0 fully saturated rings. The van der Waals surface area contributed by atoms with Crippen LogP contribution in [0.15, 0.2) is 17.4 Å². The first-order valence-electron chi connectivity index (χ1n) is 3.67. The number of aliphatic hydroxyl groups is 1. The molecule has 0 radical (unpaired) electrons. The van der Waals surface area contributed by atoms with E-state index >= 15 is 0 Å². The van der Waals surface area contributed by atoms with Gasteiger partial charge < -0.3 is 5.11 Å². The maximum Gasteiger partial charge on any atom is 0.133 e. The molecule has 1 heterocycles. The Morgan fingerprint density at radius 1 is 1.62 bits per heavy atom. The molecule has 0 aromatic carbocycles. The highest BCUT2D eigenvalue weighted by Gasteiger charge is 2.22. The van der Waals surface area contributed by atoms with Gasteiger partial charge in [-0.15, -0.1) is 4.91 Å². The average Bonchev–Trinajstić information content (AvgIpc) is 2.01. The number of hydrogen-bond acceptors (Lipinski definition) is 4. The molecule has 1 rings (SSSR count). The van der Waals surface area contributed by atoms with Crippen molar-refractivity contribution < 1.29 is 5.11 Å². The largest absolute Gasteiger partial charge is 0.384 e. The van der Waals surface area contributed by atoms with E-state index in [-0.39, 0.29) is 11.4 Å². The number of nitrogens with zero attached hydrogens (tertiary/aromatic N) is 2. The molecule has 0 bridgehead atoms. The van der Waals surface area contributed by atoms with Gasteiger partial charge in [-0.2, -0.15) is 0 Å². The van der Waals surface area contributed by atoms with Gasteiger partial charge in [0.2, 0.25) is 0 Å². The predicted octanol–water partition coefficient (Wildman–Crippen LogP) is 2.36. The van der Waals surface area contributed by atoms with E-state index < -0.39 is 5.60 Å². The first-order chi connectivity index (χ1) is 5.95. The SMILES string of the molecule is CC(C)(O)c1ncc(Cl)cc1N=O. The Morgan fingerprint density at radius 3 is 2.69 bits per heavy atom. The van der Waals surface area contributed by atoms with Crippen LogP contribution in [0, 0.1) is 4.91 Å². The lowest BCUT2D eigenvalue weighted by molar-refractivity contribution is 0.0745. The van der Waals surface area contributed by atoms with Crippen molar-refractivity contribution in [1.29, 1.82) is 0 Å². The third-order valence-electron chi connectivity index (χ3n) is 1.51. The van der Waals surface area contributed by atoms with Crippen LogP contribution in [0.3, 0.4) is 0 Å². The minimum atomic E-state index is -1.19. The summed E-state index contributed by atoms with van der Waals surface area (Å²) in [6, 6.07) is 1.37. The summed E-state index contributed by atoms with van der Waals surface area (Å²) in [6.07, 6.45) is 1.36. The summed E-state index contributed by atoms with van der Waals surface area (Å²) in [4.78, 5) is 14.2. The van der Waals surface area contributed by atoms with Gasteiger partial charge in [0, 0.05) is 6.20 Å². The summed E-state index contributed by atoms with van der Waals surface area (Å²) in [5.41, 5.74) is -0.889. The van der Waals surface area contributed by atoms with Gasteiger partial charge in [-0.05, 0) is 25.1 Å². The fraction of sp³-hybridized carbons (Fsp3) is 0.375. The molecule has 13 heavy (non-hydrogen) atoms. The lowest BCUT2D eigenvalue weighted by Crippen LogP contribution is -2.17. The van der Waals surface area contributed by atoms with Gasteiger partial charge in [-0.3, -0.25) is 4.98 Å². The number of hydrogen-bond donors (Lipinski definition) is 1. The van der Waals surface area contributed by atoms with Crippen LogP contribution in [0.25, 0.3) is 0 Å². The molecular weight excluding hydrogens is 192 g/mol. The molecule has 0 saturated carbocycles. The first-order valence-corrected chi connectivity index (χ1v) is 4.04. The Labute approximate surface area is 80.5 Å². The third kappa shape index (κ3) is 2.23. The number of halogens is 1. The topological polar surface area (TPSA) is 62.6 Å². The Balaban J connectivity index is 3.29. The smallest absolute Gasteiger partial charge is 0.133 e.